The zero-order valence-corrected chi connectivity index (χ0v) is 10.3. The zero-order valence-electron chi connectivity index (χ0n) is 9.56. The van der Waals surface area contributed by atoms with Crippen molar-refractivity contribution in [2.24, 2.45) is 0 Å². The molecule has 0 spiro atoms. The van der Waals surface area contributed by atoms with Gasteiger partial charge in [0.2, 0.25) is 0 Å². The summed E-state index contributed by atoms with van der Waals surface area (Å²) < 4.78 is 0. The predicted octanol–water partition coefficient (Wildman–Crippen LogP) is 2.17. The lowest BCUT2D eigenvalue weighted by Gasteiger charge is -2.23. The third kappa shape index (κ3) is 2.78. The number of benzene rings is 1. The maximum absolute atomic E-state index is 9.25. The SMILES string of the molecule is N#Cc1ccc(CN2CCC[C@@H]2CO)c(Cl)c1. The average molecular weight is 251 g/mol. The van der Waals surface area contributed by atoms with Crippen molar-refractivity contribution in [1.82, 2.24) is 4.90 Å². The van der Waals surface area contributed by atoms with Gasteiger partial charge in [0.15, 0.2) is 0 Å². The molecule has 90 valence electrons. The zero-order chi connectivity index (χ0) is 12.3. The third-order valence-corrected chi connectivity index (χ3v) is 3.62. The van der Waals surface area contributed by atoms with Gasteiger partial charge in [-0.3, -0.25) is 4.90 Å². The molecule has 1 atom stereocenters. The van der Waals surface area contributed by atoms with Crippen molar-refractivity contribution in [1.29, 1.82) is 5.26 Å². The summed E-state index contributed by atoms with van der Waals surface area (Å²) in [6.07, 6.45) is 2.17. The van der Waals surface area contributed by atoms with Crippen molar-refractivity contribution >= 4 is 11.6 Å². The molecule has 4 heteroatoms. The van der Waals surface area contributed by atoms with E-state index in [1.807, 2.05) is 6.07 Å². The highest BCUT2D eigenvalue weighted by Gasteiger charge is 2.24. The molecule has 0 aliphatic carbocycles. The number of aliphatic hydroxyl groups excluding tert-OH is 1. The number of rotatable bonds is 3. The number of nitrogens with zero attached hydrogens (tertiary/aromatic N) is 2. The lowest BCUT2D eigenvalue weighted by atomic mass is 10.1. The average Bonchev–Trinajstić information content (AvgIpc) is 2.79. The second-order valence-electron chi connectivity index (χ2n) is 4.37. The van der Waals surface area contributed by atoms with E-state index in [1.54, 1.807) is 12.1 Å². The molecule has 1 saturated heterocycles. The van der Waals surface area contributed by atoms with Gasteiger partial charge in [-0.05, 0) is 37.1 Å². The summed E-state index contributed by atoms with van der Waals surface area (Å²) in [5, 5.41) is 18.6. The number of halogens is 1. The molecule has 17 heavy (non-hydrogen) atoms. The maximum Gasteiger partial charge on any atom is 0.0992 e. The molecule has 0 bridgehead atoms. The van der Waals surface area contributed by atoms with Crippen molar-refractivity contribution in [3.05, 3.63) is 34.3 Å². The first-order valence-corrected chi connectivity index (χ1v) is 6.16. The summed E-state index contributed by atoms with van der Waals surface area (Å²) in [7, 11) is 0. The molecule has 2 rings (SSSR count). The Morgan fingerprint density at radius 1 is 1.53 bits per heavy atom. The second-order valence-corrected chi connectivity index (χ2v) is 4.77. The van der Waals surface area contributed by atoms with E-state index in [0.717, 1.165) is 31.5 Å². The Labute approximate surface area is 106 Å². The van der Waals surface area contributed by atoms with Crippen LogP contribution in [-0.2, 0) is 6.54 Å². The van der Waals surface area contributed by atoms with E-state index in [9.17, 15) is 5.11 Å². The summed E-state index contributed by atoms with van der Waals surface area (Å²) in [4.78, 5) is 2.24. The van der Waals surface area contributed by atoms with Crippen LogP contribution < -0.4 is 0 Å². The number of hydrogen-bond donors (Lipinski definition) is 1. The van der Waals surface area contributed by atoms with Crippen LogP contribution in [0, 0.1) is 11.3 Å². The van der Waals surface area contributed by atoms with Gasteiger partial charge in [0.05, 0.1) is 18.2 Å². The van der Waals surface area contributed by atoms with Gasteiger partial charge >= 0.3 is 0 Å². The van der Waals surface area contributed by atoms with E-state index in [4.69, 9.17) is 16.9 Å². The molecule has 0 saturated carbocycles. The molecule has 0 radical (unpaired) electrons. The van der Waals surface area contributed by atoms with Crippen molar-refractivity contribution in [2.45, 2.75) is 25.4 Å². The number of hydrogen-bond acceptors (Lipinski definition) is 3. The molecular weight excluding hydrogens is 236 g/mol. The van der Waals surface area contributed by atoms with Crippen LogP contribution in [0.15, 0.2) is 18.2 Å². The fourth-order valence-electron chi connectivity index (χ4n) is 2.27. The Kier molecular flexibility index (Phi) is 4.01. The van der Waals surface area contributed by atoms with E-state index < -0.39 is 0 Å². The summed E-state index contributed by atoms with van der Waals surface area (Å²) in [6.45, 7) is 1.95. The molecule has 0 unspecified atom stereocenters. The van der Waals surface area contributed by atoms with Crippen LogP contribution in [0.4, 0.5) is 0 Å². The topological polar surface area (TPSA) is 47.3 Å². The first-order valence-electron chi connectivity index (χ1n) is 5.78. The van der Waals surface area contributed by atoms with Gasteiger partial charge in [-0.25, -0.2) is 0 Å². The summed E-state index contributed by atoms with van der Waals surface area (Å²) >= 11 is 6.14. The van der Waals surface area contributed by atoms with Crippen LogP contribution in [0.25, 0.3) is 0 Å². The Bertz CT molecular complexity index is 442. The van der Waals surface area contributed by atoms with Crippen molar-refractivity contribution < 1.29 is 5.11 Å². The molecular formula is C13H15ClN2O. The first kappa shape index (κ1) is 12.4. The molecule has 1 aromatic carbocycles. The van der Waals surface area contributed by atoms with E-state index >= 15 is 0 Å². The monoisotopic (exact) mass is 250 g/mol. The van der Waals surface area contributed by atoms with Gasteiger partial charge in [0, 0.05) is 17.6 Å². The molecule has 1 fully saturated rings. The van der Waals surface area contributed by atoms with E-state index in [-0.39, 0.29) is 12.6 Å². The van der Waals surface area contributed by atoms with Crippen molar-refractivity contribution in [2.75, 3.05) is 13.2 Å². The minimum Gasteiger partial charge on any atom is -0.395 e. The molecule has 1 N–H and O–H groups in total. The lowest BCUT2D eigenvalue weighted by Crippen LogP contribution is -2.31. The van der Waals surface area contributed by atoms with Crippen LogP contribution in [0.2, 0.25) is 5.02 Å². The molecule has 1 aliphatic rings. The minimum absolute atomic E-state index is 0.202. The van der Waals surface area contributed by atoms with E-state index in [1.165, 1.54) is 0 Å². The number of nitriles is 1. The maximum atomic E-state index is 9.25. The molecule has 1 heterocycles. The quantitative estimate of drug-likeness (QED) is 0.894. The second kappa shape index (κ2) is 5.50. The third-order valence-electron chi connectivity index (χ3n) is 3.27. The van der Waals surface area contributed by atoms with Gasteiger partial charge in [-0.15, -0.1) is 0 Å². The van der Waals surface area contributed by atoms with Gasteiger partial charge in [-0.2, -0.15) is 5.26 Å². The van der Waals surface area contributed by atoms with Crippen molar-refractivity contribution in [3.8, 4) is 6.07 Å². The van der Waals surface area contributed by atoms with E-state index in [0.29, 0.717) is 10.6 Å². The first-order chi connectivity index (χ1) is 8.24. The molecule has 1 aliphatic heterocycles. The Balaban J connectivity index is 2.11. The molecule has 3 nitrogen and oxygen atoms in total. The van der Waals surface area contributed by atoms with Crippen LogP contribution in [0.5, 0.6) is 0 Å². The van der Waals surface area contributed by atoms with Crippen LogP contribution in [0.1, 0.15) is 24.0 Å². The summed E-state index contributed by atoms with van der Waals surface area (Å²) in [5.41, 5.74) is 1.60. The Hall–Kier alpha value is -1.08. The molecule has 1 aromatic rings. The Morgan fingerprint density at radius 2 is 2.35 bits per heavy atom. The van der Waals surface area contributed by atoms with Crippen LogP contribution in [0.3, 0.4) is 0 Å². The van der Waals surface area contributed by atoms with Gasteiger partial charge in [0.25, 0.3) is 0 Å². The highest BCUT2D eigenvalue weighted by Crippen LogP contribution is 2.24. The standard InChI is InChI=1S/C13H15ClN2O/c14-13-6-10(7-15)3-4-11(13)8-16-5-1-2-12(16)9-17/h3-4,6,12,17H,1-2,5,8-9H2/t12-/m1/s1. The van der Waals surface area contributed by atoms with E-state index in [2.05, 4.69) is 11.0 Å². The largest absolute Gasteiger partial charge is 0.395 e. The van der Waals surface area contributed by atoms with Crippen LogP contribution in [-0.4, -0.2) is 29.2 Å². The predicted molar refractivity (Wildman–Crippen MR) is 66.7 cm³/mol. The number of aliphatic hydroxyl groups is 1. The van der Waals surface area contributed by atoms with Crippen LogP contribution >= 0.6 is 11.6 Å². The van der Waals surface area contributed by atoms with Gasteiger partial charge in [0.1, 0.15) is 0 Å². The molecule has 0 amide bonds. The molecule has 0 aromatic heterocycles. The lowest BCUT2D eigenvalue weighted by molar-refractivity contribution is 0.153. The fourth-order valence-corrected chi connectivity index (χ4v) is 2.51. The van der Waals surface area contributed by atoms with Crippen molar-refractivity contribution in [3.63, 3.8) is 0 Å². The van der Waals surface area contributed by atoms with Gasteiger partial charge < -0.3 is 5.11 Å². The highest BCUT2D eigenvalue weighted by molar-refractivity contribution is 6.31. The summed E-state index contributed by atoms with van der Waals surface area (Å²) in [6, 6.07) is 7.70. The Morgan fingerprint density at radius 3 is 3.00 bits per heavy atom. The minimum atomic E-state index is 0.202. The normalized spacial score (nSPS) is 20.4. The fraction of sp³-hybridized carbons (Fsp3) is 0.462. The number of likely N-dealkylation sites (tertiary alicyclic amines) is 1. The smallest absolute Gasteiger partial charge is 0.0992 e. The van der Waals surface area contributed by atoms with Gasteiger partial charge in [-0.1, -0.05) is 17.7 Å². The highest BCUT2D eigenvalue weighted by atomic mass is 35.5. The summed E-state index contributed by atoms with van der Waals surface area (Å²) in [5.74, 6) is 0.